The van der Waals surface area contributed by atoms with Gasteiger partial charge in [-0.3, -0.25) is 18.9 Å². The van der Waals surface area contributed by atoms with Gasteiger partial charge >= 0.3 is 0 Å². The number of nitrogens with one attached hydrogen (secondary N) is 1. The highest BCUT2D eigenvalue weighted by Crippen LogP contribution is 2.37. The molecule has 0 unspecified atom stereocenters. The largest absolute Gasteiger partial charge is 0.493 e. The van der Waals surface area contributed by atoms with E-state index >= 15 is 0 Å². The number of fused-ring (bicyclic) bond motifs is 2. The molecule has 0 atom stereocenters. The zero-order chi connectivity index (χ0) is 27.0. The topological polar surface area (TPSA) is 85.2 Å². The molecule has 1 N–H and O–H groups in total. The maximum atomic E-state index is 12.6. The summed E-state index contributed by atoms with van der Waals surface area (Å²) in [5, 5.41) is 4.15. The fourth-order valence-corrected chi connectivity index (χ4v) is 4.64. The van der Waals surface area contributed by atoms with Crippen molar-refractivity contribution in [3.8, 4) is 22.8 Å². The third-order valence-corrected chi connectivity index (χ3v) is 6.40. The number of carbonyl (C=O) groups excluding carboxylic acids is 2. The summed E-state index contributed by atoms with van der Waals surface area (Å²) in [6.07, 6.45) is 2.33. The Morgan fingerprint density at radius 2 is 1.68 bits per heavy atom. The lowest BCUT2D eigenvalue weighted by Gasteiger charge is -2.23. The lowest BCUT2D eigenvalue weighted by molar-refractivity contribution is 0.0646. The van der Waals surface area contributed by atoms with Crippen molar-refractivity contribution in [3.05, 3.63) is 76.9 Å². The van der Waals surface area contributed by atoms with Crippen LogP contribution < -0.4 is 14.8 Å². The van der Waals surface area contributed by atoms with Gasteiger partial charge in [-0.2, -0.15) is 0 Å². The molecule has 1 aliphatic rings. The number of imidazole rings is 1. The van der Waals surface area contributed by atoms with Crippen LogP contribution in [0.15, 0.2) is 60.8 Å². The fraction of sp³-hybridized carbons (Fsp3) is 0.276. The summed E-state index contributed by atoms with van der Waals surface area (Å²) in [5.41, 5.74) is 3.07. The number of hydrogen-bond donors (Lipinski definition) is 1. The molecule has 1 aliphatic heterocycles. The number of nitrogens with zero attached hydrogens (tertiary/aromatic N) is 3. The molecule has 3 heterocycles. The minimum Gasteiger partial charge on any atom is -0.493 e. The molecule has 196 valence electrons. The lowest BCUT2D eigenvalue weighted by Crippen LogP contribution is -2.31. The Labute approximate surface area is 226 Å². The quantitative estimate of drug-likeness (QED) is 0.223. The molecule has 0 fully saturated rings. The van der Waals surface area contributed by atoms with E-state index in [1.807, 2.05) is 40.9 Å². The second kappa shape index (κ2) is 10.0. The molecule has 0 saturated carbocycles. The highest BCUT2D eigenvalue weighted by Gasteiger charge is 2.34. The van der Waals surface area contributed by atoms with Gasteiger partial charge in [0.25, 0.3) is 11.8 Å². The molecule has 4 aromatic rings. The Kier molecular flexibility index (Phi) is 6.75. The van der Waals surface area contributed by atoms with Crippen LogP contribution in [-0.4, -0.2) is 51.9 Å². The van der Waals surface area contributed by atoms with E-state index in [-0.39, 0.29) is 23.9 Å². The standard InChI is InChI=1S/C29H29ClN4O4/c1-29(2,3)32-26-25(31-24-13-11-19(30)17-34(24)26)18-10-12-22(23(16-18)37-4)38-15-7-14-33-27(35)20-8-5-6-9-21(20)28(33)36/h5-6,8-13,16-17,32H,7,14-15H2,1-4H3. The highest BCUT2D eigenvalue weighted by molar-refractivity contribution is 6.30. The average Bonchev–Trinajstić information content (AvgIpc) is 3.35. The van der Waals surface area contributed by atoms with Gasteiger partial charge in [0, 0.05) is 23.8 Å². The molecule has 0 radical (unpaired) electrons. The molecule has 0 spiro atoms. The van der Waals surface area contributed by atoms with Crippen LogP contribution in [0.1, 0.15) is 47.9 Å². The van der Waals surface area contributed by atoms with Crippen LogP contribution in [0, 0.1) is 0 Å². The predicted octanol–water partition coefficient (Wildman–Crippen LogP) is 5.94. The Balaban J connectivity index is 1.32. The number of methoxy groups -OCH3 is 1. The minimum absolute atomic E-state index is 0.209. The number of ether oxygens (including phenoxy) is 2. The zero-order valence-electron chi connectivity index (χ0n) is 21.7. The van der Waals surface area contributed by atoms with Gasteiger partial charge in [-0.05, 0) is 69.7 Å². The first-order valence-corrected chi connectivity index (χ1v) is 12.8. The van der Waals surface area contributed by atoms with Gasteiger partial charge in [0.05, 0.1) is 29.9 Å². The van der Waals surface area contributed by atoms with Crippen molar-refractivity contribution >= 4 is 34.9 Å². The second-order valence-electron chi connectivity index (χ2n) is 10.1. The summed E-state index contributed by atoms with van der Waals surface area (Å²) in [4.78, 5) is 31.2. The Hall–Kier alpha value is -4.04. The highest BCUT2D eigenvalue weighted by atomic mass is 35.5. The van der Waals surface area contributed by atoms with E-state index in [4.69, 9.17) is 26.1 Å². The summed E-state index contributed by atoms with van der Waals surface area (Å²) in [7, 11) is 1.59. The SMILES string of the molecule is COc1cc(-c2nc3ccc(Cl)cn3c2NC(C)(C)C)ccc1OCCCN1C(=O)c2ccccc2C1=O. The summed E-state index contributed by atoms with van der Waals surface area (Å²) >= 11 is 6.27. The van der Waals surface area contributed by atoms with Crippen LogP contribution in [-0.2, 0) is 0 Å². The Morgan fingerprint density at radius 1 is 0.974 bits per heavy atom. The number of anilines is 1. The molecule has 38 heavy (non-hydrogen) atoms. The number of amides is 2. The molecule has 2 amide bonds. The number of imide groups is 1. The van der Waals surface area contributed by atoms with Crippen LogP contribution in [0.5, 0.6) is 11.5 Å². The van der Waals surface area contributed by atoms with Gasteiger partial charge < -0.3 is 14.8 Å². The van der Waals surface area contributed by atoms with Crippen LogP contribution in [0.2, 0.25) is 5.02 Å². The van der Waals surface area contributed by atoms with Gasteiger partial charge in [-0.1, -0.05) is 23.7 Å². The summed E-state index contributed by atoms with van der Waals surface area (Å²) < 4.78 is 13.6. The zero-order valence-corrected chi connectivity index (χ0v) is 22.5. The van der Waals surface area contributed by atoms with Crippen molar-refractivity contribution in [2.24, 2.45) is 0 Å². The first-order valence-electron chi connectivity index (χ1n) is 12.4. The van der Waals surface area contributed by atoms with Crippen molar-refractivity contribution in [1.29, 1.82) is 0 Å². The van der Waals surface area contributed by atoms with Crippen molar-refractivity contribution in [2.75, 3.05) is 25.6 Å². The lowest BCUT2D eigenvalue weighted by atomic mass is 10.1. The number of halogens is 1. The van der Waals surface area contributed by atoms with E-state index in [0.29, 0.717) is 40.7 Å². The number of hydrogen-bond acceptors (Lipinski definition) is 6. The Bertz CT molecular complexity index is 1500. The molecule has 0 bridgehead atoms. The number of pyridine rings is 1. The maximum absolute atomic E-state index is 12.6. The third-order valence-electron chi connectivity index (χ3n) is 6.17. The van der Waals surface area contributed by atoms with Gasteiger partial charge in [0.15, 0.2) is 11.5 Å². The van der Waals surface area contributed by atoms with Gasteiger partial charge in [0.1, 0.15) is 17.2 Å². The molecule has 8 nitrogen and oxygen atoms in total. The molecular formula is C29H29ClN4O4. The van der Waals surface area contributed by atoms with Crippen molar-refractivity contribution in [2.45, 2.75) is 32.7 Å². The summed E-state index contributed by atoms with van der Waals surface area (Å²) in [6.45, 7) is 6.84. The molecule has 2 aromatic carbocycles. The van der Waals surface area contributed by atoms with E-state index in [1.54, 1.807) is 31.4 Å². The van der Waals surface area contributed by atoms with Crippen LogP contribution in [0.4, 0.5) is 5.82 Å². The Morgan fingerprint density at radius 3 is 2.34 bits per heavy atom. The van der Waals surface area contributed by atoms with E-state index in [0.717, 1.165) is 22.7 Å². The third kappa shape index (κ3) is 4.91. The number of rotatable bonds is 8. The number of carbonyl (C=O) groups is 2. The molecule has 0 saturated heterocycles. The smallest absolute Gasteiger partial charge is 0.261 e. The van der Waals surface area contributed by atoms with E-state index in [1.165, 1.54) is 4.90 Å². The maximum Gasteiger partial charge on any atom is 0.261 e. The van der Waals surface area contributed by atoms with Crippen LogP contribution in [0.25, 0.3) is 16.9 Å². The van der Waals surface area contributed by atoms with E-state index in [2.05, 4.69) is 26.1 Å². The van der Waals surface area contributed by atoms with Crippen LogP contribution in [0.3, 0.4) is 0 Å². The minimum atomic E-state index is -0.263. The van der Waals surface area contributed by atoms with Gasteiger partial charge in [-0.25, -0.2) is 4.98 Å². The van der Waals surface area contributed by atoms with Crippen molar-refractivity contribution < 1.29 is 19.1 Å². The monoisotopic (exact) mass is 532 g/mol. The molecule has 0 aliphatic carbocycles. The van der Waals surface area contributed by atoms with E-state index < -0.39 is 0 Å². The van der Waals surface area contributed by atoms with E-state index in [9.17, 15) is 9.59 Å². The second-order valence-corrected chi connectivity index (χ2v) is 10.6. The average molecular weight is 533 g/mol. The predicted molar refractivity (Wildman–Crippen MR) is 147 cm³/mol. The van der Waals surface area contributed by atoms with Gasteiger partial charge in [0.2, 0.25) is 0 Å². The fourth-order valence-electron chi connectivity index (χ4n) is 4.48. The summed E-state index contributed by atoms with van der Waals surface area (Å²) in [6, 6.07) is 16.2. The number of aromatic nitrogens is 2. The van der Waals surface area contributed by atoms with Crippen molar-refractivity contribution in [1.82, 2.24) is 14.3 Å². The first kappa shape index (κ1) is 25.6. The first-order chi connectivity index (χ1) is 18.2. The van der Waals surface area contributed by atoms with Crippen LogP contribution >= 0.6 is 11.6 Å². The molecule has 9 heteroatoms. The van der Waals surface area contributed by atoms with Crippen molar-refractivity contribution in [3.63, 3.8) is 0 Å². The van der Waals surface area contributed by atoms with Gasteiger partial charge in [-0.15, -0.1) is 0 Å². The summed E-state index contributed by atoms with van der Waals surface area (Å²) in [5.74, 6) is 1.42. The normalized spacial score (nSPS) is 13.2. The molecule has 5 rings (SSSR count). The number of benzene rings is 2. The molecule has 2 aromatic heterocycles. The molecular weight excluding hydrogens is 504 g/mol.